The molecule has 1 aliphatic rings. The van der Waals surface area contributed by atoms with Crippen molar-refractivity contribution in [1.82, 2.24) is 0 Å². The first-order valence-corrected chi connectivity index (χ1v) is 5.68. The van der Waals surface area contributed by atoms with Crippen LogP contribution in [0.25, 0.3) is 0 Å². The van der Waals surface area contributed by atoms with Gasteiger partial charge in [-0.05, 0) is 37.5 Å². The molecule has 0 amide bonds. The van der Waals surface area contributed by atoms with Gasteiger partial charge >= 0.3 is 0 Å². The van der Waals surface area contributed by atoms with Gasteiger partial charge in [-0.15, -0.1) is 0 Å². The summed E-state index contributed by atoms with van der Waals surface area (Å²) in [4.78, 5) is 0. The second-order valence-electron chi connectivity index (χ2n) is 4.40. The van der Waals surface area contributed by atoms with E-state index in [9.17, 15) is 4.39 Å². The highest BCUT2D eigenvalue weighted by Crippen LogP contribution is 2.35. The highest BCUT2D eigenvalue weighted by molar-refractivity contribution is 5.49. The van der Waals surface area contributed by atoms with Gasteiger partial charge in [0.1, 0.15) is 5.82 Å². The molecular formula is C13H15FN2O. The molecule has 4 heteroatoms. The second-order valence-corrected chi connectivity index (χ2v) is 4.40. The first-order chi connectivity index (χ1) is 8.19. The minimum absolute atomic E-state index is 0.139. The lowest BCUT2D eigenvalue weighted by Crippen LogP contribution is -2.45. The zero-order valence-electron chi connectivity index (χ0n) is 9.79. The van der Waals surface area contributed by atoms with Crippen LogP contribution in [0.2, 0.25) is 0 Å². The summed E-state index contributed by atoms with van der Waals surface area (Å²) < 4.78 is 19.0. The molecule has 1 aliphatic carbocycles. The third-order valence-corrected chi connectivity index (χ3v) is 3.40. The van der Waals surface area contributed by atoms with Crippen molar-refractivity contribution in [2.24, 2.45) is 0 Å². The van der Waals surface area contributed by atoms with Gasteiger partial charge in [-0.25, -0.2) is 4.39 Å². The Bertz CT molecular complexity index is 444. The summed E-state index contributed by atoms with van der Waals surface area (Å²) in [7, 11) is 1.69. The Kier molecular flexibility index (Phi) is 3.30. The first-order valence-electron chi connectivity index (χ1n) is 5.68. The summed E-state index contributed by atoms with van der Waals surface area (Å²) in [6.07, 6.45) is 3.17. The predicted molar refractivity (Wildman–Crippen MR) is 63.2 cm³/mol. The largest absolute Gasteiger partial charge is 0.380 e. The molecule has 0 atom stereocenters. The normalized spacial score (nSPS) is 17.0. The average Bonchev–Trinajstić information content (AvgIpc) is 2.30. The minimum Gasteiger partial charge on any atom is -0.380 e. The Balaban J connectivity index is 2.02. The molecule has 0 aliphatic heterocycles. The van der Waals surface area contributed by atoms with E-state index in [2.05, 4.69) is 5.32 Å². The topological polar surface area (TPSA) is 45.0 Å². The van der Waals surface area contributed by atoms with Crippen LogP contribution in [-0.4, -0.2) is 19.3 Å². The van der Waals surface area contributed by atoms with Crippen LogP contribution >= 0.6 is 0 Å². The molecule has 0 radical (unpaired) electrons. The summed E-state index contributed by atoms with van der Waals surface area (Å²) in [6.45, 7) is 0.603. The Morgan fingerprint density at radius 2 is 2.29 bits per heavy atom. The number of hydrogen-bond donors (Lipinski definition) is 1. The number of nitrogens with one attached hydrogen (secondary N) is 1. The zero-order chi connectivity index (χ0) is 12.3. The molecular weight excluding hydrogens is 219 g/mol. The third kappa shape index (κ3) is 2.40. The van der Waals surface area contributed by atoms with Crippen LogP contribution in [0.5, 0.6) is 0 Å². The number of halogens is 1. The standard InChI is InChI=1S/C13H15FN2O/c1-17-13(5-2-6-13)9-16-12-4-3-10(8-15)7-11(12)14/h3-4,7,16H,2,5-6,9H2,1H3. The van der Waals surface area contributed by atoms with Crippen LogP contribution in [0.1, 0.15) is 24.8 Å². The van der Waals surface area contributed by atoms with E-state index in [4.69, 9.17) is 10.00 Å². The van der Waals surface area contributed by atoms with Crippen molar-refractivity contribution in [3.05, 3.63) is 29.6 Å². The maximum atomic E-state index is 13.6. The number of hydrogen-bond acceptors (Lipinski definition) is 3. The van der Waals surface area contributed by atoms with E-state index in [-0.39, 0.29) is 5.60 Å². The van der Waals surface area contributed by atoms with Gasteiger partial charge in [0.15, 0.2) is 0 Å². The summed E-state index contributed by atoms with van der Waals surface area (Å²) in [6, 6.07) is 6.34. The van der Waals surface area contributed by atoms with Gasteiger partial charge in [-0.1, -0.05) is 0 Å². The predicted octanol–water partition coefficient (Wildman–Crippen LogP) is 2.68. The second kappa shape index (κ2) is 4.72. The lowest BCUT2D eigenvalue weighted by molar-refractivity contribution is -0.0601. The highest BCUT2D eigenvalue weighted by atomic mass is 19.1. The van der Waals surface area contributed by atoms with E-state index < -0.39 is 5.82 Å². The van der Waals surface area contributed by atoms with Gasteiger partial charge in [-0.3, -0.25) is 0 Å². The number of rotatable bonds is 4. The fraction of sp³-hybridized carbons (Fsp3) is 0.462. The van der Waals surface area contributed by atoms with E-state index in [0.29, 0.717) is 17.8 Å². The smallest absolute Gasteiger partial charge is 0.147 e. The van der Waals surface area contributed by atoms with Crippen molar-refractivity contribution in [2.45, 2.75) is 24.9 Å². The fourth-order valence-corrected chi connectivity index (χ4v) is 2.01. The lowest BCUT2D eigenvalue weighted by atomic mass is 9.80. The maximum absolute atomic E-state index is 13.6. The van der Waals surface area contributed by atoms with Crippen LogP contribution in [0.4, 0.5) is 10.1 Å². The van der Waals surface area contributed by atoms with Crippen LogP contribution in [0.3, 0.4) is 0 Å². The van der Waals surface area contributed by atoms with Crippen molar-refractivity contribution in [1.29, 1.82) is 5.26 Å². The molecule has 0 aromatic heterocycles. The number of ether oxygens (including phenoxy) is 1. The summed E-state index contributed by atoms with van der Waals surface area (Å²) in [5.41, 5.74) is 0.617. The molecule has 0 saturated heterocycles. The van der Waals surface area contributed by atoms with Gasteiger partial charge in [0, 0.05) is 13.7 Å². The molecule has 3 nitrogen and oxygen atoms in total. The van der Waals surface area contributed by atoms with Crippen LogP contribution in [0, 0.1) is 17.1 Å². The van der Waals surface area contributed by atoms with Gasteiger partial charge < -0.3 is 10.1 Å². The Hall–Kier alpha value is -1.60. The lowest BCUT2D eigenvalue weighted by Gasteiger charge is -2.40. The molecule has 0 heterocycles. The number of nitriles is 1. The molecule has 0 unspecified atom stereocenters. The quantitative estimate of drug-likeness (QED) is 0.871. The zero-order valence-corrected chi connectivity index (χ0v) is 9.79. The Labute approximate surface area is 100 Å². The first kappa shape index (κ1) is 11.9. The van der Waals surface area contributed by atoms with Crippen molar-refractivity contribution < 1.29 is 9.13 Å². The van der Waals surface area contributed by atoms with Crippen molar-refractivity contribution in [3.8, 4) is 6.07 Å². The Morgan fingerprint density at radius 3 is 2.76 bits per heavy atom. The average molecular weight is 234 g/mol. The van der Waals surface area contributed by atoms with Crippen molar-refractivity contribution in [2.75, 3.05) is 19.0 Å². The van der Waals surface area contributed by atoms with Crippen molar-refractivity contribution in [3.63, 3.8) is 0 Å². The monoisotopic (exact) mass is 234 g/mol. The minimum atomic E-state index is -0.394. The van der Waals surface area contributed by atoms with Crippen LogP contribution in [0.15, 0.2) is 18.2 Å². The summed E-state index contributed by atoms with van der Waals surface area (Å²) in [5, 5.41) is 11.7. The molecule has 1 N–H and O–H groups in total. The van der Waals surface area contributed by atoms with Crippen molar-refractivity contribution >= 4 is 5.69 Å². The molecule has 90 valence electrons. The number of benzene rings is 1. The maximum Gasteiger partial charge on any atom is 0.147 e. The molecule has 17 heavy (non-hydrogen) atoms. The summed E-state index contributed by atoms with van der Waals surface area (Å²) in [5.74, 6) is -0.394. The van der Waals surface area contributed by atoms with Crippen LogP contribution in [-0.2, 0) is 4.74 Å². The van der Waals surface area contributed by atoms with E-state index in [0.717, 1.165) is 19.3 Å². The molecule has 1 aromatic carbocycles. The fourth-order valence-electron chi connectivity index (χ4n) is 2.01. The molecule has 2 rings (SSSR count). The van der Waals surface area contributed by atoms with E-state index >= 15 is 0 Å². The van der Waals surface area contributed by atoms with E-state index in [1.165, 1.54) is 6.07 Å². The number of anilines is 1. The van der Waals surface area contributed by atoms with E-state index in [1.54, 1.807) is 19.2 Å². The molecule has 1 saturated carbocycles. The third-order valence-electron chi connectivity index (χ3n) is 3.40. The van der Waals surface area contributed by atoms with Gasteiger partial charge in [0.25, 0.3) is 0 Å². The van der Waals surface area contributed by atoms with Gasteiger partial charge in [0.05, 0.1) is 22.9 Å². The molecule has 0 spiro atoms. The van der Waals surface area contributed by atoms with Gasteiger partial charge in [0.2, 0.25) is 0 Å². The molecule has 1 fully saturated rings. The summed E-state index contributed by atoms with van der Waals surface area (Å²) >= 11 is 0. The Morgan fingerprint density at radius 1 is 1.53 bits per heavy atom. The number of methoxy groups -OCH3 is 1. The number of nitrogens with zero attached hydrogens (tertiary/aromatic N) is 1. The van der Waals surface area contributed by atoms with E-state index in [1.807, 2.05) is 6.07 Å². The molecule has 1 aromatic rings. The SMILES string of the molecule is COC1(CNc2ccc(C#N)cc2F)CCC1. The van der Waals surface area contributed by atoms with Gasteiger partial charge in [-0.2, -0.15) is 5.26 Å². The highest BCUT2D eigenvalue weighted by Gasteiger charge is 2.36. The van der Waals surface area contributed by atoms with Crippen LogP contribution < -0.4 is 5.32 Å². The molecule has 0 bridgehead atoms.